The molecule has 1 unspecified atom stereocenters. The van der Waals surface area contributed by atoms with Gasteiger partial charge in [0.2, 0.25) is 0 Å². The largest absolute Gasteiger partial charge is 0.390 e. The van der Waals surface area contributed by atoms with E-state index >= 15 is 0 Å². The van der Waals surface area contributed by atoms with Gasteiger partial charge < -0.3 is 10.4 Å². The number of aliphatic hydroxyl groups excluding tert-OH is 1. The van der Waals surface area contributed by atoms with Crippen LogP contribution in [0, 0.1) is 5.92 Å². The van der Waals surface area contributed by atoms with Crippen LogP contribution in [0.4, 0.5) is 0 Å². The van der Waals surface area contributed by atoms with Crippen molar-refractivity contribution in [2.75, 3.05) is 13.1 Å². The van der Waals surface area contributed by atoms with Gasteiger partial charge in [0.05, 0.1) is 6.10 Å². The van der Waals surface area contributed by atoms with Crippen molar-refractivity contribution in [1.29, 1.82) is 0 Å². The maximum atomic E-state index is 10.6. The van der Waals surface area contributed by atoms with E-state index in [1.54, 1.807) is 11.9 Å². The Morgan fingerprint density at radius 2 is 1.61 bits per heavy atom. The van der Waals surface area contributed by atoms with Gasteiger partial charge in [0.25, 0.3) is 0 Å². The second-order valence-corrected chi connectivity index (χ2v) is 11.6. The second-order valence-electron chi connectivity index (χ2n) is 10.6. The molecular formula is C31H42N2OS2. The summed E-state index contributed by atoms with van der Waals surface area (Å²) in [5, 5.41) is 14.2. The molecule has 0 saturated heterocycles. The molecule has 194 valence electrons. The lowest BCUT2D eigenvalue weighted by molar-refractivity contribution is 0.157. The van der Waals surface area contributed by atoms with Gasteiger partial charge in [0, 0.05) is 23.5 Å². The van der Waals surface area contributed by atoms with Crippen molar-refractivity contribution < 1.29 is 5.11 Å². The smallest absolute Gasteiger partial charge is 0.0798 e. The van der Waals surface area contributed by atoms with Gasteiger partial charge in [-0.2, -0.15) is 13.5 Å². The first kappa shape index (κ1) is 28.8. The standard InChI is InChI=1S/C31H40N2OS.H2S/c1-4-8-23-13-15-25(16-14-23)28-11-7-12-30(19-28)35-33-22-29(34)21-32-31(2,3)20-24-17-26-9-5-6-10-27(26)18-24;/h5-7,9-16,19,24,29,32-34H,4,8,17-18,20-22H2,1-3H3;1H2. The maximum Gasteiger partial charge on any atom is 0.0798 e. The summed E-state index contributed by atoms with van der Waals surface area (Å²) in [5.74, 6) is 0.677. The molecule has 3 N–H and O–H groups in total. The average Bonchev–Trinajstić information content (AvgIpc) is 3.25. The fourth-order valence-electron chi connectivity index (χ4n) is 5.17. The number of aliphatic hydroxyl groups is 1. The van der Waals surface area contributed by atoms with Crippen LogP contribution in [0.2, 0.25) is 0 Å². The number of benzene rings is 3. The summed E-state index contributed by atoms with van der Waals surface area (Å²) >= 11 is 1.58. The lowest BCUT2D eigenvalue weighted by atomic mass is 9.88. The highest BCUT2D eigenvalue weighted by molar-refractivity contribution is 7.97. The Kier molecular flexibility index (Phi) is 11.0. The Morgan fingerprint density at radius 3 is 2.28 bits per heavy atom. The highest BCUT2D eigenvalue weighted by Crippen LogP contribution is 2.32. The SMILES string of the molecule is CCCc1ccc(-c2cccc(SNCC(O)CNC(C)(C)CC3Cc4ccccc4C3)c2)cc1.S. The third kappa shape index (κ3) is 8.39. The molecule has 0 heterocycles. The van der Waals surface area contributed by atoms with Crippen LogP contribution in [-0.4, -0.2) is 29.8 Å². The summed E-state index contributed by atoms with van der Waals surface area (Å²) in [7, 11) is 0. The zero-order valence-corrected chi connectivity index (χ0v) is 23.7. The molecule has 0 saturated carbocycles. The van der Waals surface area contributed by atoms with Crippen molar-refractivity contribution in [3.8, 4) is 11.1 Å². The first-order valence-corrected chi connectivity index (χ1v) is 13.8. The van der Waals surface area contributed by atoms with E-state index < -0.39 is 6.10 Å². The Balaban J connectivity index is 0.00000361. The van der Waals surface area contributed by atoms with Crippen LogP contribution < -0.4 is 10.0 Å². The number of nitrogens with one attached hydrogen (secondary N) is 2. The minimum absolute atomic E-state index is 0. The van der Waals surface area contributed by atoms with Crippen LogP contribution in [0.25, 0.3) is 11.1 Å². The van der Waals surface area contributed by atoms with E-state index in [0.29, 0.717) is 19.0 Å². The third-order valence-corrected chi connectivity index (χ3v) is 7.72. The van der Waals surface area contributed by atoms with E-state index in [9.17, 15) is 5.11 Å². The molecule has 1 aliphatic carbocycles. The lowest BCUT2D eigenvalue weighted by Gasteiger charge is -2.30. The van der Waals surface area contributed by atoms with Crippen molar-refractivity contribution in [3.63, 3.8) is 0 Å². The van der Waals surface area contributed by atoms with E-state index in [2.05, 4.69) is 104 Å². The van der Waals surface area contributed by atoms with E-state index in [-0.39, 0.29) is 19.0 Å². The molecule has 0 radical (unpaired) electrons. The van der Waals surface area contributed by atoms with Crippen LogP contribution in [-0.2, 0) is 19.3 Å². The minimum Gasteiger partial charge on any atom is -0.390 e. The predicted molar refractivity (Wildman–Crippen MR) is 160 cm³/mol. The van der Waals surface area contributed by atoms with Gasteiger partial charge >= 0.3 is 0 Å². The topological polar surface area (TPSA) is 44.3 Å². The summed E-state index contributed by atoms with van der Waals surface area (Å²) in [6, 6.07) is 26.3. The van der Waals surface area contributed by atoms with Crippen LogP contribution in [0.15, 0.2) is 77.7 Å². The Labute approximate surface area is 229 Å². The first-order chi connectivity index (χ1) is 16.9. The molecule has 36 heavy (non-hydrogen) atoms. The molecule has 3 aromatic carbocycles. The number of rotatable bonds is 12. The lowest BCUT2D eigenvalue weighted by Crippen LogP contribution is -2.46. The Hall–Kier alpha value is -1.76. The van der Waals surface area contributed by atoms with Gasteiger partial charge in [-0.15, -0.1) is 0 Å². The highest BCUT2D eigenvalue weighted by Gasteiger charge is 2.28. The summed E-state index contributed by atoms with van der Waals surface area (Å²) in [5.41, 5.74) is 6.87. The van der Waals surface area contributed by atoms with E-state index in [0.717, 1.165) is 17.7 Å². The molecule has 1 atom stereocenters. The van der Waals surface area contributed by atoms with Crippen molar-refractivity contribution in [3.05, 3.63) is 89.5 Å². The van der Waals surface area contributed by atoms with Crippen molar-refractivity contribution in [1.82, 2.24) is 10.0 Å². The fraction of sp³-hybridized carbons (Fsp3) is 0.419. The molecule has 0 bridgehead atoms. The summed E-state index contributed by atoms with van der Waals surface area (Å²) in [6.45, 7) is 7.85. The summed E-state index contributed by atoms with van der Waals surface area (Å²) < 4.78 is 3.35. The van der Waals surface area contributed by atoms with Gasteiger partial charge in [0.1, 0.15) is 0 Å². The summed E-state index contributed by atoms with van der Waals surface area (Å²) in [4.78, 5) is 1.15. The van der Waals surface area contributed by atoms with Gasteiger partial charge in [-0.05, 0) is 97.3 Å². The maximum absolute atomic E-state index is 10.6. The van der Waals surface area contributed by atoms with Gasteiger partial charge in [0.15, 0.2) is 0 Å². The average molecular weight is 523 g/mol. The molecule has 3 aromatic rings. The van der Waals surface area contributed by atoms with Crippen molar-refractivity contribution in [2.24, 2.45) is 5.92 Å². The molecule has 0 aliphatic heterocycles. The Morgan fingerprint density at radius 1 is 0.917 bits per heavy atom. The normalized spacial score (nSPS) is 14.3. The number of hydrogen-bond donors (Lipinski definition) is 3. The number of aryl methyl sites for hydroxylation is 1. The van der Waals surface area contributed by atoms with Crippen LogP contribution in [0.3, 0.4) is 0 Å². The van der Waals surface area contributed by atoms with E-state index in [1.165, 1.54) is 47.1 Å². The zero-order valence-electron chi connectivity index (χ0n) is 21.9. The van der Waals surface area contributed by atoms with Crippen LogP contribution in [0.5, 0.6) is 0 Å². The number of β-amino-alcohol motifs (C(OH)–C–C–N with tert-alkyl or cyclic N) is 1. The molecule has 0 fully saturated rings. The number of fused-ring (bicyclic) bond motifs is 1. The molecule has 5 heteroatoms. The molecule has 0 amide bonds. The molecule has 0 aromatic heterocycles. The minimum atomic E-state index is -0.433. The predicted octanol–water partition coefficient (Wildman–Crippen LogP) is 6.55. The first-order valence-electron chi connectivity index (χ1n) is 13.0. The third-order valence-electron chi connectivity index (χ3n) is 6.92. The molecular weight excluding hydrogens is 480 g/mol. The van der Waals surface area contributed by atoms with Gasteiger partial charge in [-0.3, -0.25) is 4.72 Å². The Bertz CT molecular complexity index is 1060. The molecule has 3 nitrogen and oxygen atoms in total. The fourth-order valence-corrected chi connectivity index (χ4v) is 5.94. The zero-order chi connectivity index (χ0) is 24.7. The van der Waals surface area contributed by atoms with E-state index in [1.807, 2.05) is 0 Å². The molecule has 1 aliphatic rings. The quantitative estimate of drug-likeness (QED) is 0.236. The highest BCUT2D eigenvalue weighted by atomic mass is 32.2. The molecule has 4 rings (SSSR count). The van der Waals surface area contributed by atoms with Gasteiger partial charge in [-0.1, -0.05) is 74.0 Å². The molecule has 0 spiro atoms. The van der Waals surface area contributed by atoms with Crippen molar-refractivity contribution >= 4 is 25.4 Å². The monoisotopic (exact) mass is 522 g/mol. The second kappa shape index (κ2) is 13.7. The van der Waals surface area contributed by atoms with Crippen LogP contribution >= 0.6 is 25.4 Å². The van der Waals surface area contributed by atoms with Crippen molar-refractivity contribution in [2.45, 2.75) is 69.4 Å². The number of hydrogen-bond acceptors (Lipinski definition) is 4. The summed E-state index contributed by atoms with van der Waals surface area (Å²) in [6.07, 6.45) is 5.32. The van der Waals surface area contributed by atoms with E-state index in [4.69, 9.17) is 0 Å². The van der Waals surface area contributed by atoms with Crippen LogP contribution in [0.1, 0.15) is 50.3 Å². The van der Waals surface area contributed by atoms with Gasteiger partial charge in [-0.25, -0.2) is 0 Å².